The monoisotopic (exact) mass is 337 g/mol. The van der Waals surface area contributed by atoms with Gasteiger partial charge in [-0.05, 0) is 17.7 Å². The van der Waals surface area contributed by atoms with Gasteiger partial charge in [0, 0.05) is 29.8 Å². The molecule has 24 heavy (non-hydrogen) atoms. The van der Waals surface area contributed by atoms with Crippen molar-refractivity contribution in [2.24, 2.45) is 7.05 Å². The van der Waals surface area contributed by atoms with Gasteiger partial charge in [-0.1, -0.05) is 29.5 Å². The molecule has 4 rings (SSSR count). The van der Waals surface area contributed by atoms with Crippen molar-refractivity contribution in [2.75, 3.05) is 0 Å². The summed E-state index contributed by atoms with van der Waals surface area (Å²) >= 11 is 1.53. The summed E-state index contributed by atoms with van der Waals surface area (Å²) in [7, 11) is 1.96. The van der Waals surface area contributed by atoms with E-state index < -0.39 is 0 Å². The highest BCUT2D eigenvalue weighted by Gasteiger charge is 2.20. The minimum absolute atomic E-state index is 0.111. The Balaban J connectivity index is 1.85. The molecule has 0 radical (unpaired) electrons. The summed E-state index contributed by atoms with van der Waals surface area (Å²) in [5.74, 6) is 0.825. The summed E-state index contributed by atoms with van der Waals surface area (Å²) in [4.78, 5) is 10.6. The number of non-ortho nitro benzene ring substituents is 1. The average Bonchev–Trinajstić information content (AvgIpc) is 2.90. The first-order valence-electron chi connectivity index (χ1n) is 7.35. The molecule has 0 saturated heterocycles. The van der Waals surface area contributed by atoms with Gasteiger partial charge < -0.3 is 4.74 Å². The molecule has 0 aliphatic carbocycles. The quantitative estimate of drug-likeness (QED) is 0.402. The smallest absolute Gasteiger partial charge is 0.271 e. The highest BCUT2D eigenvalue weighted by Crippen LogP contribution is 2.33. The second-order valence-corrected chi connectivity index (χ2v) is 6.49. The minimum Gasteiger partial charge on any atom is -0.464 e. The Morgan fingerprint density at radius 2 is 2.08 bits per heavy atom. The number of hydrogen-bond acceptors (Lipinski definition) is 4. The number of fused-ring (bicyclic) bond motifs is 2. The van der Waals surface area contributed by atoms with Crippen LogP contribution in [0.2, 0.25) is 0 Å². The fourth-order valence-electron chi connectivity index (χ4n) is 2.74. The number of nitrogens with zero attached hydrogens (tertiary/aromatic N) is 2. The molecule has 0 N–H and O–H groups in total. The van der Waals surface area contributed by atoms with Crippen LogP contribution in [-0.2, 0) is 7.05 Å². The van der Waals surface area contributed by atoms with E-state index in [0.29, 0.717) is 0 Å². The molecule has 0 bridgehead atoms. The minimum atomic E-state index is -0.366. The van der Waals surface area contributed by atoms with E-state index in [2.05, 4.69) is 6.08 Å². The molecular formula is C18H13N2O3S+. The van der Waals surface area contributed by atoms with Crippen molar-refractivity contribution in [3.8, 4) is 5.75 Å². The fraction of sp³-hybridized carbons (Fsp3) is 0.0556. The van der Waals surface area contributed by atoms with Crippen LogP contribution >= 0.6 is 11.3 Å². The van der Waals surface area contributed by atoms with E-state index >= 15 is 0 Å². The molecule has 1 aromatic heterocycles. The summed E-state index contributed by atoms with van der Waals surface area (Å²) in [6.07, 6.45) is 5.68. The van der Waals surface area contributed by atoms with Gasteiger partial charge in [-0.3, -0.25) is 10.1 Å². The Labute approximate surface area is 141 Å². The van der Waals surface area contributed by atoms with Gasteiger partial charge in [-0.15, -0.1) is 0 Å². The molecule has 0 amide bonds. The molecule has 1 aliphatic rings. The SMILES string of the molecule is C[n+]1c(C=C2C=COc3ccccc32)sc2cc([N+](=O)[O-])ccc21. The zero-order valence-electron chi connectivity index (χ0n) is 12.8. The maximum absolute atomic E-state index is 11.0. The van der Waals surface area contributed by atoms with E-state index in [4.69, 9.17) is 4.74 Å². The molecule has 2 aromatic carbocycles. The van der Waals surface area contributed by atoms with E-state index in [1.807, 2.05) is 42.0 Å². The largest absolute Gasteiger partial charge is 0.464 e. The van der Waals surface area contributed by atoms with Crippen molar-refractivity contribution in [1.29, 1.82) is 0 Å². The lowest BCUT2D eigenvalue weighted by Gasteiger charge is -2.13. The van der Waals surface area contributed by atoms with Crippen molar-refractivity contribution in [3.05, 3.63) is 75.5 Å². The second kappa shape index (κ2) is 5.58. The van der Waals surface area contributed by atoms with Gasteiger partial charge in [0.2, 0.25) is 5.52 Å². The van der Waals surface area contributed by atoms with Gasteiger partial charge in [-0.25, -0.2) is 0 Å². The number of aromatic nitrogens is 1. The molecule has 0 atom stereocenters. The molecule has 2 heterocycles. The molecule has 0 spiro atoms. The van der Waals surface area contributed by atoms with Crippen LogP contribution in [0.3, 0.4) is 0 Å². The van der Waals surface area contributed by atoms with Crippen molar-refractivity contribution >= 4 is 38.9 Å². The van der Waals surface area contributed by atoms with Gasteiger partial charge in [0.05, 0.1) is 11.2 Å². The van der Waals surface area contributed by atoms with Gasteiger partial charge >= 0.3 is 0 Å². The van der Waals surface area contributed by atoms with Gasteiger partial charge in [0.1, 0.15) is 17.5 Å². The van der Waals surface area contributed by atoms with Crippen LogP contribution in [0, 0.1) is 10.1 Å². The van der Waals surface area contributed by atoms with Gasteiger partial charge in [0.15, 0.2) is 0 Å². The normalized spacial score (nSPS) is 14.6. The first-order chi connectivity index (χ1) is 11.6. The molecule has 0 saturated carbocycles. The van der Waals surface area contributed by atoms with Crippen LogP contribution < -0.4 is 9.30 Å². The molecule has 0 unspecified atom stereocenters. The third-order valence-corrected chi connectivity index (χ3v) is 5.13. The standard InChI is InChI=1S/C18H13N2O3S/c1-19-15-7-6-13(20(21)22)11-17(15)24-18(19)10-12-8-9-23-16-5-3-2-4-14(12)16/h2-11H,1H3/q+1. The van der Waals surface area contributed by atoms with E-state index in [1.165, 1.54) is 17.4 Å². The molecular weight excluding hydrogens is 324 g/mol. The summed E-state index contributed by atoms with van der Waals surface area (Å²) in [5, 5.41) is 12.0. The third kappa shape index (κ3) is 2.37. The Bertz CT molecular complexity index is 1030. The number of rotatable bonds is 2. The lowest BCUT2D eigenvalue weighted by Crippen LogP contribution is -2.28. The van der Waals surface area contributed by atoms with Crippen LogP contribution in [0.15, 0.2) is 54.8 Å². The Kier molecular flexibility index (Phi) is 3.39. The highest BCUT2D eigenvalue weighted by molar-refractivity contribution is 7.19. The average molecular weight is 337 g/mol. The molecule has 118 valence electrons. The number of allylic oxidation sites excluding steroid dienone is 2. The first kappa shape index (κ1) is 14.6. The predicted octanol–water partition coefficient (Wildman–Crippen LogP) is 4.08. The van der Waals surface area contributed by atoms with Crippen molar-refractivity contribution < 1.29 is 14.2 Å². The summed E-state index contributed by atoms with van der Waals surface area (Å²) < 4.78 is 8.46. The maximum Gasteiger partial charge on any atom is 0.271 e. The third-order valence-electron chi connectivity index (χ3n) is 3.98. The van der Waals surface area contributed by atoms with Crippen LogP contribution in [0.5, 0.6) is 5.75 Å². The first-order valence-corrected chi connectivity index (χ1v) is 8.16. The van der Waals surface area contributed by atoms with Crippen molar-refractivity contribution in [1.82, 2.24) is 0 Å². The Hall–Kier alpha value is -2.99. The lowest BCUT2D eigenvalue weighted by atomic mass is 10.0. The number of para-hydroxylation sites is 1. The number of aryl methyl sites for hydroxylation is 1. The second-order valence-electron chi connectivity index (χ2n) is 5.42. The number of benzene rings is 2. The zero-order chi connectivity index (χ0) is 16.7. The number of nitro groups is 1. The summed E-state index contributed by atoms with van der Waals surface area (Å²) in [5.41, 5.74) is 3.17. The number of hydrogen-bond donors (Lipinski definition) is 0. The fourth-order valence-corrected chi connectivity index (χ4v) is 3.87. The Morgan fingerprint density at radius 3 is 2.92 bits per heavy atom. The van der Waals surface area contributed by atoms with Crippen LogP contribution in [0.25, 0.3) is 21.9 Å². The topological polar surface area (TPSA) is 56.2 Å². The van der Waals surface area contributed by atoms with E-state index in [0.717, 1.165) is 32.1 Å². The highest BCUT2D eigenvalue weighted by atomic mass is 32.1. The van der Waals surface area contributed by atoms with E-state index in [-0.39, 0.29) is 10.6 Å². The van der Waals surface area contributed by atoms with Crippen molar-refractivity contribution in [2.45, 2.75) is 0 Å². The van der Waals surface area contributed by atoms with E-state index in [9.17, 15) is 10.1 Å². The van der Waals surface area contributed by atoms with E-state index in [1.54, 1.807) is 18.4 Å². The van der Waals surface area contributed by atoms with Crippen LogP contribution in [-0.4, -0.2) is 4.92 Å². The summed E-state index contributed by atoms with van der Waals surface area (Å²) in [6.45, 7) is 0. The zero-order valence-corrected chi connectivity index (χ0v) is 13.6. The number of nitro benzene ring substituents is 1. The molecule has 0 fully saturated rings. The molecule has 1 aliphatic heterocycles. The lowest BCUT2D eigenvalue weighted by molar-refractivity contribution is -0.642. The van der Waals surface area contributed by atoms with Gasteiger partial charge in [-0.2, -0.15) is 4.57 Å². The Morgan fingerprint density at radius 1 is 1.25 bits per heavy atom. The summed E-state index contributed by atoms with van der Waals surface area (Å²) in [6, 6.07) is 12.8. The number of thiazole rings is 1. The van der Waals surface area contributed by atoms with Crippen LogP contribution in [0.4, 0.5) is 5.69 Å². The maximum atomic E-state index is 11.0. The molecule has 6 heteroatoms. The predicted molar refractivity (Wildman–Crippen MR) is 93.7 cm³/mol. The number of ether oxygens (including phenoxy) is 1. The van der Waals surface area contributed by atoms with Gasteiger partial charge in [0.25, 0.3) is 10.7 Å². The molecule has 5 nitrogen and oxygen atoms in total. The molecule has 3 aromatic rings. The van der Waals surface area contributed by atoms with Crippen LogP contribution in [0.1, 0.15) is 10.6 Å². The van der Waals surface area contributed by atoms with Crippen molar-refractivity contribution in [3.63, 3.8) is 0 Å².